The van der Waals surface area contributed by atoms with Gasteiger partial charge in [-0.15, -0.1) is 0 Å². The minimum Gasteiger partial charge on any atom is -0.411 e. The summed E-state index contributed by atoms with van der Waals surface area (Å²) >= 11 is 9.52. The van der Waals surface area contributed by atoms with Gasteiger partial charge in [0.2, 0.25) is 0 Å². The van der Waals surface area contributed by atoms with Crippen molar-refractivity contribution in [1.29, 1.82) is 0 Å². The van der Waals surface area contributed by atoms with Crippen molar-refractivity contribution in [1.82, 2.24) is 4.90 Å². The second-order valence-corrected chi connectivity index (χ2v) is 3.08. The molecule has 6 heteroatoms. The number of likely N-dealkylation sites (N-methyl/N-ethyl adjacent to an activating group) is 1. The molecule has 0 rings (SSSR count). The molecule has 0 spiro atoms. The molecule has 0 aromatic carbocycles. The standard InChI is InChI=1S/C6H13NO2S2.Na/c1-7(6(10)11)4-5(8-2)9-3;/h5H,4H2,1-3H3,(H,10,11);/q;+1/p-1. The van der Waals surface area contributed by atoms with E-state index < -0.39 is 0 Å². The Hall–Kier alpha value is 1.03. The molecule has 0 aromatic rings. The van der Waals surface area contributed by atoms with Crippen LogP contribution in [-0.2, 0) is 22.1 Å². The van der Waals surface area contributed by atoms with Crippen molar-refractivity contribution in [3.05, 3.63) is 0 Å². The summed E-state index contributed by atoms with van der Waals surface area (Å²) in [6.45, 7) is 0.565. The first-order valence-corrected chi connectivity index (χ1v) is 3.91. The van der Waals surface area contributed by atoms with Crippen LogP contribution in [0.4, 0.5) is 0 Å². The Kier molecular flexibility index (Phi) is 11.1. The third kappa shape index (κ3) is 6.54. The van der Waals surface area contributed by atoms with Crippen LogP contribution < -0.4 is 29.6 Å². The molecule has 0 aliphatic heterocycles. The van der Waals surface area contributed by atoms with Crippen molar-refractivity contribution in [2.75, 3.05) is 27.8 Å². The Balaban J connectivity index is 0. The molecule has 0 atom stereocenters. The van der Waals surface area contributed by atoms with Crippen molar-refractivity contribution >= 4 is 29.2 Å². The van der Waals surface area contributed by atoms with E-state index in [0.717, 1.165) is 0 Å². The van der Waals surface area contributed by atoms with Gasteiger partial charge in [0.1, 0.15) is 0 Å². The summed E-state index contributed by atoms with van der Waals surface area (Å²) in [6, 6.07) is 0. The summed E-state index contributed by atoms with van der Waals surface area (Å²) < 4.78 is 10.3. The molecular formula is C6H12NNaO2S2. The molecule has 0 unspecified atom stereocenters. The second kappa shape index (κ2) is 8.62. The van der Waals surface area contributed by atoms with Crippen LogP contribution in [0.25, 0.3) is 0 Å². The Labute approximate surface area is 106 Å². The summed E-state index contributed by atoms with van der Waals surface area (Å²) in [5.74, 6) is 0. The maximum Gasteiger partial charge on any atom is 1.00 e. The molecule has 0 aliphatic carbocycles. The van der Waals surface area contributed by atoms with Crippen molar-refractivity contribution in [2.45, 2.75) is 6.29 Å². The Morgan fingerprint density at radius 3 is 2.17 bits per heavy atom. The van der Waals surface area contributed by atoms with E-state index >= 15 is 0 Å². The molecule has 0 aliphatic rings. The predicted molar refractivity (Wildman–Crippen MR) is 50.4 cm³/mol. The number of methoxy groups -OCH3 is 2. The van der Waals surface area contributed by atoms with Crippen LogP contribution in [-0.4, -0.2) is 43.3 Å². The average Bonchev–Trinajstić information content (AvgIpc) is 1.99. The van der Waals surface area contributed by atoms with Gasteiger partial charge in [0.15, 0.2) is 6.29 Å². The molecule has 0 amide bonds. The third-order valence-corrected chi connectivity index (χ3v) is 1.88. The van der Waals surface area contributed by atoms with E-state index in [0.29, 0.717) is 10.9 Å². The van der Waals surface area contributed by atoms with Crippen LogP contribution in [0, 0.1) is 0 Å². The van der Waals surface area contributed by atoms with Crippen LogP contribution in [0.3, 0.4) is 0 Å². The Bertz CT molecular complexity index is 133. The fraction of sp³-hybridized carbons (Fsp3) is 0.833. The number of hydrogen-bond donors (Lipinski definition) is 0. The van der Waals surface area contributed by atoms with Gasteiger partial charge >= 0.3 is 29.6 Å². The minimum atomic E-state index is -0.263. The molecule has 0 heterocycles. The van der Waals surface area contributed by atoms with E-state index in [-0.39, 0.29) is 35.8 Å². The number of hydrogen-bond acceptors (Lipinski definition) is 4. The maximum absolute atomic E-state index is 4.95. The van der Waals surface area contributed by atoms with Crippen molar-refractivity contribution < 1.29 is 39.0 Å². The summed E-state index contributed by atoms with van der Waals surface area (Å²) in [6.07, 6.45) is -0.263. The van der Waals surface area contributed by atoms with Crippen LogP contribution in [0.5, 0.6) is 0 Å². The zero-order valence-electron chi connectivity index (χ0n) is 7.86. The van der Waals surface area contributed by atoms with Crippen LogP contribution in [0.1, 0.15) is 0 Å². The fourth-order valence-electron chi connectivity index (χ4n) is 0.543. The molecule has 0 radical (unpaired) electrons. The van der Waals surface area contributed by atoms with Crippen molar-refractivity contribution in [3.63, 3.8) is 0 Å². The number of ether oxygens (including phenoxy) is 2. The zero-order chi connectivity index (χ0) is 8.85. The minimum absolute atomic E-state index is 0. The Morgan fingerprint density at radius 2 is 1.92 bits per heavy atom. The monoisotopic (exact) mass is 217 g/mol. The van der Waals surface area contributed by atoms with Gasteiger partial charge in [0.05, 0.1) is 6.54 Å². The summed E-state index contributed by atoms with van der Waals surface area (Å²) in [5, 5.41) is 0. The molecule has 0 N–H and O–H groups in total. The summed E-state index contributed by atoms with van der Waals surface area (Å²) in [5.41, 5.74) is 0. The van der Waals surface area contributed by atoms with E-state index in [1.54, 1.807) is 26.2 Å². The van der Waals surface area contributed by atoms with Gasteiger partial charge in [-0.1, -0.05) is 4.32 Å². The van der Waals surface area contributed by atoms with Crippen LogP contribution >= 0.6 is 12.2 Å². The van der Waals surface area contributed by atoms with Gasteiger partial charge in [0.25, 0.3) is 0 Å². The smallest absolute Gasteiger partial charge is 0.411 e. The van der Waals surface area contributed by atoms with Crippen molar-refractivity contribution in [3.8, 4) is 0 Å². The largest absolute Gasteiger partial charge is 1.00 e. The first-order valence-electron chi connectivity index (χ1n) is 3.09. The van der Waals surface area contributed by atoms with Gasteiger partial charge in [-0.2, -0.15) is 0 Å². The van der Waals surface area contributed by atoms with E-state index in [1.165, 1.54) is 0 Å². The van der Waals surface area contributed by atoms with Gasteiger partial charge < -0.3 is 39.2 Å². The normalized spacial score (nSPS) is 9.33. The maximum atomic E-state index is 4.95. The first kappa shape index (κ1) is 15.5. The molecule has 66 valence electrons. The quantitative estimate of drug-likeness (QED) is 0.222. The molecule has 0 fully saturated rings. The predicted octanol–water partition coefficient (Wildman–Crippen LogP) is -2.63. The molecule has 0 bridgehead atoms. The number of rotatable bonds is 4. The molecule has 0 saturated carbocycles. The molecule has 3 nitrogen and oxygen atoms in total. The van der Waals surface area contributed by atoms with Crippen molar-refractivity contribution in [2.24, 2.45) is 0 Å². The van der Waals surface area contributed by atoms with Gasteiger partial charge in [-0.3, -0.25) is 0 Å². The topological polar surface area (TPSA) is 21.7 Å². The molecule has 12 heavy (non-hydrogen) atoms. The van der Waals surface area contributed by atoms with E-state index in [1.807, 2.05) is 0 Å². The first-order chi connectivity index (χ1) is 5.11. The van der Waals surface area contributed by atoms with E-state index in [2.05, 4.69) is 0 Å². The van der Waals surface area contributed by atoms with Gasteiger partial charge in [0, 0.05) is 21.3 Å². The summed E-state index contributed by atoms with van der Waals surface area (Å²) in [4.78, 5) is 1.72. The summed E-state index contributed by atoms with van der Waals surface area (Å²) in [7, 11) is 4.96. The van der Waals surface area contributed by atoms with Crippen LogP contribution in [0.2, 0.25) is 0 Å². The SMILES string of the molecule is COC(CN(C)C(=S)[S-])OC.[Na+]. The molecule has 0 aromatic heterocycles. The van der Waals surface area contributed by atoms with E-state index in [4.69, 9.17) is 34.3 Å². The molecular weight excluding hydrogens is 205 g/mol. The molecule has 0 saturated heterocycles. The third-order valence-electron chi connectivity index (χ3n) is 1.26. The van der Waals surface area contributed by atoms with E-state index in [9.17, 15) is 0 Å². The number of nitrogens with zero attached hydrogens (tertiary/aromatic N) is 1. The zero-order valence-corrected chi connectivity index (χ0v) is 11.5. The second-order valence-electron chi connectivity index (χ2n) is 2.05. The van der Waals surface area contributed by atoms with Gasteiger partial charge in [-0.05, 0) is 0 Å². The fourth-order valence-corrected chi connectivity index (χ4v) is 0.693. The average molecular weight is 217 g/mol. The Morgan fingerprint density at radius 1 is 1.50 bits per heavy atom. The van der Waals surface area contributed by atoms with Crippen LogP contribution in [0.15, 0.2) is 0 Å². The van der Waals surface area contributed by atoms with Gasteiger partial charge in [-0.25, -0.2) is 0 Å². The number of thiocarbonyl (C=S) groups is 1.